The maximum absolute atomic E-state index is 10.5. The topological polar surface area (TPSA) is 75.0 Å². The summed E-state index contributed by atoms with van der Waals surface area (Å²) in [6.45, 7) is 0. The van der Waals surface area contributed by atoms with Crippen LogP contribution in [-0.4, -0.2) is 30.0 Å². The van der Waals surface area contributed by atoms with E-state index in [4.69, 9.17) is 5.73 Å². The molecule has 0 radical (unpaired) electrons. The van der Waals surface area contributed by atoms with E-state index in [-0.39, 0.29) is 5.82 Å². The third-order valence-electron chi connectivity index (χ3n) is 1.28. The molecule has 11 heavy (non-hydrogen) atoms. The number of primary amides is 1. The van der Waals surface area contributed by atoms with Crippen LogP contribution in [0.1, 0.15) is 10.6 Å². The average Bonchev–Trinajstić information content (AvgIpc) is 2.33. The van der Waals surface area contributed by atoms with Crippen molar-refractivity contribution in [2.75, 3.05) is 19.0 Å². The van der Waals surface area contributed by atoms with Crippen molar-refractivity contribution in [2.45, 2.75) is 0 Å². The number of nitrogens with one attached hydrogen (secondary N) is 1. The number of aromatic amines is 1. The number of carbonyl (C=O) groups excluding carboxylic acids is 1. The molecule has 5 nitrogen and oxygen atoms in total. The first-order valence-electron chi connectivity index (χ1n) is 3.13. The number of carbonyl (C=O) groups is 1. The Morgan fingerprint density at radius 2 is 2.36 bits per heavy atom. The molecular weight excluding hydrogens is 144 g/mol. The minimum atomic E-state index is -0.543. The summed E-state index contributed by atoms with van der Waals surface area (Å²) >= 11 is 0. The second-order valence-electron chi connectivity index (χ2n) is 2.38. The van der Waals surface area contributed by atoms with E-state index in [1.807, 2.05) is 14.1 Å². The molecule has 0 aliphatic heterocycles. The Kier molecular flexibility index (Phi) is 1.80. The highest BCUT2D eigenvalue weighted by Gasteiger charge is 2.05. The molecule has 0 aromatic carbocycles. The Morgan fingerprint density at radius 3 is 2.64 bits per heavy atom. The third kappa shape index (κ3) is 1.49. The zero-order chi connectivity index (χ0) is 8.43. The third-order valence-corrected chi connectivity index (χ3v) is 1.28. The predicted molar refractivity (Wildman–Crippen MR) is 41.4 cm³/mol. The van der Waals surface area contributed by atoms with Gasteiger partial charge in [0.05, 0.1) is 6.20 Å². The first-order chi connectivity index (χ1) is 5.11. The summed E-state index contributed by atoms with van der Waals surface area (Å²) in [6.07, 6.45) is 1.56. The number of amides is 1. The average molecular weight is 154 g/mol. The molecule has 0 atom stereocenters. The fourth-order valence-electron chi connectivity index (χ4n) is 0.664. The molecule has 5 heteroatoms. The van der Waals surface area contributed by atoms with E-state index in [1.165, 1.54) is 0 Å². The smallest absolute Gasteiger partial charge is 0.284 e. The minimum Gasteiger partial charge on any atom is -0.363 e. The number of rotatable bonds is 2. The lowest BCUT2D eigenvalue weighted by atomic mass is 10.6. The summed E-state index contributed by atoms with van der Waals surface area (Å²) in [4.78, 5) is 18.9. The Morgan fingerprint density at radius 1 is 1.73 bits per heavy atom. The van der Waals surface area contributed by atoms with Gasteiger partial charge in [0.2, 0.25) is 0 Å². The summed E-state index contributed by atoms with van der Waals surface area (Å²) < 4.78 is 0. The number of hydrogen-bond acceptors (Lipinski definition) is 3. The number of H-pyrrole nitrogens is 1. The van der Waals surface area contributed by atoms with Crippen molar-refractivity contribution in [1.82, 2.24) is 9.97 Å². The van der Waals surface area contributed by atoms with Gasteiger partial charge < -0.3 is 15.6 Å². The van der Waals surface area contributed by atoms with Crippen LogP contribution in [-0.2, 0) is 0 Å². The second kappa shape index (κ2) is 2.61. The van der Waals surface area contributed by atoms with E-state index in [1.54, 1.807) is 11.1 Å². The maximum atomic E-state index is 10.5. The molecule has 0 unspecified atom stereocenters. The van der Waals surface area contributed by atoms with Gasteiger partial charge in [-0.25, -0.2) is 4.98 Å². The number of imidazole rings is 1. The lowest BCUT2D eigenvalue weighted by molar-refractivity contribution is 0.0991. The van der Waals surface area contributed by atoms with E-state index in [9.17, 15) is 4.79 Å². The van der Waals surface area contributed by atoms with Crippen LogP contribution in [0.25, 0.3) is 0 Å². The number of aromatic nitrogens is 2. The van der Waals surface area contributed by atoms with Crippen molar-refractivity contribution in [3.63, 3.8) is 0 Å². The Bertz CT molecular complexity index is 265. The molecule has 0 aliphatic carbocycles. The zero-order valence-electron chi connectivity index (χ0n) is 6.46. The van der Waals surface area contributed by atoms with Gasteiger partial charge in [0.1, 0.15) is 5.82 Å². The first-order valence-corrected chi connectivity index (χ1v) is 3.13. The zero-order valence-corrected chi connectivity index (χ0v) is 6.46. The van der Waals surface area contributed by atoms with Crippen LogP contribution in [0.4, 0.5) is 5.82 Å². The number of nitrogens with zero attached hydrogens (tertiary/aromatic N) is 2. The molecule has 1 aromatic heterocycles. The monoisotopic (exact) mass is 154 g/mol. The molecule has 0 aliphatic rings. The van der Waals surface area contributed by atoms with Gasteiger partial charge in [-0.2, -0.15) is 0 Å². The van der Waals surface area contributed by atoms with Gasteiger partial charge in [-0.15, -0.1) is 0 Å². The van der Waals surface area contributed by atoms with Crippen molar-refractivity contribution >= 4 is 11.7 Å². The molecule has 1 amide bonds. The van der Waals surface area contributed by atoms with Crippen LogP contribution in [0.2, 0.25) is 0 Å². The van der Waals surface area contributed by atoms with Gasteiger partial charge in [-0.05, 0) is 0 Å². The van der Waals surface area contributed by atoms with Crippen molar-refractivity contribution < 1.29 is 4.79 Å². The number of anilines is 1. The van der Waals surface area contributed by atoms with E-state index in [2.05, 4.69) is 9.97 Å². The van der Waals surface area contributed by atoms with Gasteiger partial charge in [0.15, 0.2) is 5.82 Å². The molecule has 1 aromatic rings. The molecule has 60 valence electrons. The highest BCUT2D eigenvalue weighted by atomic mass is 16.1. The highest BCUT2D eigenvalue weighted by Crippen LogP contribution is 2.05. The fourth-order valence-corrected chi connectivity index (χ4v) is 0.664. The standard InChI is InChI=1S/C6H10N4O/c1-10(2)4-3-8-6(9-4)5(7)11/h3H,1-2H3,(H2,7,11)(H,8,9). The normalized spacial score (nSPS) is 9.64. The molecule has 0 bridgehead atoms. The minimum absolute atomic E-state index is 0.189. The van der Waals surface area contributed by atoms with Gasteiger partial charge in [0, 0.05) is 14.1 Å². The van der Waals surface area contributed by atoms with E-state index in [0.717, 1.165) is 5.82 Å². The van der Waals surface area contributed by atoms with Gasteiger partial charge >= 0.3 is 0 Å². The molecule has 0 saturated heterocycles. The van der Waals surface area contributed by atoms with Crippen molar-refractivity contribution in [3.05, 3.63) is 12.0 Å². The lowest BCUT2D eigenvalue weighted by Gasteiger charge is -2.06. The SMILES string of the molecule is CN(C)c1cnc(C(N)=O)[nH]1. The van der Waals surface area contributed by atoms with E-state index >= 15 is 0 Å². The summed E-state index contributed by atoms with van der Waals surface area (Å²) in [6, 6.07) is 0. The molecule has 3 N–H and O–H groups in total. The molecule has 1 heterocycles. The Hall–Kier alpha value is -1.52. The quantitative estimate of drug-likeness (QED) is 0.607. The molecule has 0 saturated carbocycles. The fraction of sp³-hybridized carbons (Fsp3) is 0.333. The lowest BCUT2D eigenvalue weighted by Crippen LogP contribution is -2.14. The van der Waals surface area contributed by atoms with E-state index in [0.29, 0.717) is 0 Å². The summed E-state index contributed by atoms with van der Waals surface area (Å²) in [7, 11) is 3.69. The summed E-state index contributed by atoms with van der Waals surface area (Å²) in [5, 5.41) is 0. The largest absolute Gasteiger partial charge is 0.363 e. The van der Waals surface area contributed by atoms with Gasteiger partial charge in [0.25, 0.3) is 5.91 Å². The van der Waals surface area contributed by atoms with E-state index < -0.39 is 5.91 Å². The summed E-state index contributed by atoms with van der Waals surface area (Å²) in [5.41, 5.74) is 4.98. The van der Waals surface area contributed by atoms with Crippen molar-refractivity contribution in [2.24, 2.45) is 5.73 Å². The number of hydrogen-bond donors (Lipinski definition) is 2. The molecular formula is C6H10N4O. The molecule has 0 spiro atoms. The number of nitrogens with two attached hydrogens (primary N) is 1. The first kappa shape index (κ1) is 7.59. The van der Waals surface area contributed by atoms with Crippen LogP contribution in [0, 0.1) is 0 Å². The maximum Gasteiger partial charge on any atom is 0.284 e. The van der Waals surface area contributed by atoms with Gasteiger partial charge in [-0.3, -0.25) is 4.79 Å². The van der Waals surface area contributed by atoms with Crippen molar-refractivity contribution in [3.8, 4) is 0 Å². The van der Waals surface area contributed by atoms with Crippen molar-refractivity contribution in [1.29, 1.82) is 0 Å². The molecule has 1 rings (SSSR count). The molecule has 0 fully saturated rings. The second-order valence-corrected chi connectivity index (χ2v) is 2.38. The van der Waals surface area contributed by atoms with Crippen LogP contribution < -0.4 is 10.6 Å². The van der Waals surface area contributed by atoms with Crippen LogP contribution >= 0.6 is 0 Å². The van der Waals surface area contributed by atoms with Gasteiger partial charge in [-0.1, -0.05) is 0 Å². The predicted octanol–water partition coefficient (Wildman–Crippen LogP) is -0.425. The Balaban J connectivity index is 2.90. The highest BCUT2D eigenvalue weighted by molar-refractivity contribution is 5.89. The van der Waals surface area contributed by atoms with Crippen LogP contribution in [0.15, 0.2) is 6.20 Å². The van der Waals surface area contributed by atoms with Crippen LogP contribution in [0.5, 0.6) is 0 Å². The summed E-state index contributed by atoms with van der Waals surface area (Å²) in [5.74, 6) is 0.408. The van der Waals surface area contributed by atoms with Crippen LogP contribution in [0.3, 0.4) is 0 Å². The Labute approximate surface area is 64.2 Å².